The number of rotatable bonds is 5. The van der Waals surface area contributed by atoms with Crippen LogP contribution in [0, 0.1) is 6.92 Å². The number of nitrogens with zero attached hydrogens (tertiary/aromatic N) is 3. The zero-order chi connectivity index (χ0) is 18.1. The van der Waals surface area contributed by atoms with E-state index in [0.717, 1.165) is 39.6 Å². The molecule has 132 valence electrons. The van der Waals surface area contributed by atoms with Gasteiger partial charge in [-0.25, -0.2) is 9.50 Å². The fraction of sp³-hybridized carbons (Fsp3) is 0.158. The smallest absolute Gasteiger partial charge is 0.165 e. The van der Waals surface area contributed by atoms with Gasteiger partial charge in [-0.2, -0.15) is 16.4 Å². The van der Waals surface area contributed by atoms with Gasteiger partial charge in [0, 0.05) is 23.5 Å². The number of methoxy groups -OCH3 is 2. The van der Waals surface area contributed by atoms with Crippen molar-refractivity contribution in [1.29, 1.82) is 0 Å². The van der Waals surface area contributed by atoms with Gasteiger partial charge >= 0.3 is 0 Å². The second-order valence-electron chi connectivity index (χ2n) is 5.80. The Kier molecular flexibility index (Phi) is 4.22. The van der Waals surface area contributed by atoms with Gasteiger partial charge in [-0.15, -0.1) is 0 Å². The molecule has 7 heteroatoms. The zero-order valence-electron chi connectivity index (χ0n) is 14.7. The van der Waals surface area contributed by atoms with E-state index in [1.54, 1.807) is 30.1 Å². The topological polar surface area (TPSA) is 60.7 Å². The minimum atomic E-state index is 0.680. The third-order valence-electron chi connectivity index (χ3n) is 4.14. The molecule has 0 aliphatic heterocycles. The summed E-state index contributed by atoms with van der Waals surface area (Å²) in [5.41, 5.74) is 4.81. The average molecular weight is 366 g/mol. The lowest BCUT2D eigenvalue weighted by atomic mass is 10.1. The van der Waals surface area contributed by atoms with Gasteiger partial charge in [0.2, 0.25) is 0 Å². The van der Waals surface area contributed by atoms with Gasteiger partial charge in [0.1, 0.15) is 5.82 Å². The van der Waals surface area contributed by atoms with Crippen LogP contribution in [0.3, 0.4) is 0 Å². The highest BCUT2D eigenvalue weighted by Gasteiger charge is 2.12. The molecule has 0 spiro atoms. The maximum absolute atomic E-state index is 5.42. The van der Waals surface area contributed by atoms with Gasteiger partial charge in [0.15, 0.2) is 17.1 Å². The molecule has 4 aromatic rings. The van der Waals surface area contributed by atoms with Gasteiger partial charge in [0.05, 0.1) is 20.4 Å². The van der Waals surface area contributed by atoms with Crippen LogP contribution in [-0.4, -0.2) is 28.8 Å². The Hall–Kier alpha value is -3.06. The van der Waals surface area contributed by atoms with Crippen molar-refractivity contribution >= 4 is 28.5 Å². The number of aromatic nitrogens is 3. The van der Waals surface area contributed by atoms with Crippen molar-refractivity contribution in [2.75, 3.05) is 19.5 Å². The molecule has 0 fully saturated rings. The summed E-state index contributed by atoms with van der Waals surface area (Å²) in [6, 6.07) is 7.86. The van der Waals surface area contributed by atoms with Crippen molar-refractivity contribution in [2.45, 2.75) is 6.92 Å². The molecule has 0 radical (unpaired) electrons. The van der Waals surface area contributed by atoms with Gasteiger partial charge in [-0.05, 0) is 47.0 Å². The highest BCUT2D eigenvalue weighted by atomic mass is 32.1. The monoisotopic (exact) mass is 366 g/mol. The van der Waals surface area contributed by atoms with Crippen LogP contribution >= 0.6 is 11.3 Å². The highest BCUT2D eigenvalue weighted by molar-refractivity contribution is 7.08. The van der Waals surface area contributed by atoms with E-state index in [-0.39, 0.29) is 0 Å². The summed E-state index contributed by atoms with van der Waals surface area (Å²) in [5, 5.41) is 11.9. The Morgan fingerprint density at radius 2 is 2.04 bits per heavy atom. The predicted molar refractivity (Wildman–Crippen MR) is 104 cm³/mol. The molecule has 0 aliphatic rings. The molecular formula is C19H18N4O2S. The molecule has 6 nitrogen and oxygen atoms in total. The summed E-state index contributed by atoms with van der Waals surface area (Å²) in [7, 11) is 3.27. The van der Waals surface area contributed by atoms with Crippen LogP contribution in [0.25, 0.3) is 16.8 Å². The maximum Gasteiger partial charge on any atom is 0.165 e. The van der Waals surface area contributed by atoms with Gasteiger partial charge in [0.25, 0.3) is 0 Å². The number of nitrogens with one attached hydrogen (secondary N) is 1. The largest absolute Gasteiger partial charge is 0.493 e. The summed E-state index contributed by atoms with van der Waals surface area (Å²) < 4.78 is 12.6. The summed E-state index contributed by atoms with van der Waals surface area (Å²) in [6.45, 7) is 1.98. The van der Waals surface area contributed by atoms with Gasteiger partial charge in [-0.1, -0.05) is 0 Å². The molecule has 1 N–H and O–H groups in total. The molecule has 0 amide bonds. The molecule has 3 aromatic heterocycles. The van der Waals surface area contributed by atoms with Crippen molar-refractivity contribution in [2.24, 2.45) is 0 Å². The average Bonchev–Trinajstić information content (AvgIpc) is 3.30. The van der Waals surface area contributed by atoms with Crippen molar-refractivity contribution in [3.63, 3.8) is 0 Å². The maximum atomic E-state index is 5.42. The van der Waals surface area contributed by atoms with E-state index in [0.29, 0.717) is 5.75 Å². The third-order valence-corrected chi connectivity index (χ3v) is 4.82. The van der Waals surface area contributed by atoms with E-state index in [9.17, 15) is 0 Å². The first-order valence-electron chi connectivity index (χ1n) is 8.06. The number of aryl methyl sites for hydroxylation is 1. The van der Waals surface area contributed by atoms with E-state index in [1.165, 1.54) is 0 Å². The molecular weight excluding hydrogens is 348 g/mol. The lowest BCUT2D eigenvalue weighted by molar-refractivity contribution is 0.353. The number of ether oxygens (including phenoxy) is 2. The lowest BCUT2D eigenvalue weighted by Crippen LogP contribution is -1.99. The van der Waals surface area contributed by atoms with Crippen LogP contribution < -0.4 is 14.8 Å². The molecule has 0 bridgehead atoms. The molecule has 0 unspecified atom stereocenters. The van der Waals surface area contributed by atoms with E-state index in [1.807, 2.05) is 42.9 Å². The third kappa shape index (κ3) is 2.86. The van der Waals surface area contributed by atoms with Crippen molar-refractivity contribution < 1.29 is 9.47 Å². The van der Waals surface area contributed by atoms with Crippen LogP contribution in [-0.2, 0) is 0 Å². The quantitative estimate of drug-likeness (QED) is 0.562. The lowest BCUT2D eigenvalue weighted by Gasteiger charge is -2.14. The van der Waals surface area contributed by atoms with Crippen molar-refractivity contribution in [3.8, 4) is 22.6 Å². The van der Waals surface area contributed by atoms with Crippen LogP contribution in [0.15, 0.2) is 47.4 Å². The van der Waals surface area contributed by atoms with Crippen LogP contribution in [0.1, 0.15) is 5.56 Å². The molecule has 3 heterocycles. The molecule has 0 saturated heterocycles. The number of hydrogen-bond acceptors (Lipinski definition) is 6. The first kappa shape index (κ1) is 16.4. The number of hydrogen-bond donors (Lipinski definition) is 1. The second-order valence-corrected chi connectivity index (χ2v) is 6.58. The highest BCUT2D eigenvalue weighted by Crippen LogP contribution is 2.35. The van der Waals surface area contributed by atoms with Crippen LogP contribution in [0.2, 0.25) is 0 Å². The Balaban J connectivity index is 1.72. The number of benzene rings is 1. The summed E-state index contributed by atoms with van der Waals surface area (Å²) >= 11 is 1.66. The molecule has 0 saturated carbocycles. The number of thiophene rings is 1. The zero-order valence-corrected chi connectivity index (χ0v) is 15.5. The van der Waals surface area contributed by atoms with E-state index >= 15 is 0 Å². The van der Waals surface area contributed by atoms with Crippen molar-refractivity contribution in [3.05, 3.63) is 53.0 Å². The minimum absolute atomic E-state index is 0.680. The minimum Gasteiger partial charge on any atom is -0.493 e. The SMILES string of the molecule is COc1cc(Nc2ccn3ncc(-c4ccsc4)c3n2)cc(C)c1OC. The number of fused-ring (bicyclic) bond motifs is 1. The molecule has 1 aromatic carbocycles. The Morgan fingerprint density at radius 1 is 1.15 bits per heavy atom. The predicted octanol–water partition coefficient (Wildman–Crippen LogP) is 4.53. The van der Waals surface area contributed by atoms with Gasteiger partial charge in [-0.3, -0.25) is 0 Å². The normalized spacial score (nSPS) is 10.9. The standard InChI is InChI=1S/C19H18N4O2S/c1-12-8-14(9-16(24-2)18(12)25-3)21-17-4-6-23-19(22-17)15(10-20-23)13-5-7-26-11-13/h4-11H,1-3H3,(H,21,22). The van der Waals surface area contributed by atoms with E-state index < -0.39 is 0 Å². The second kappa shape index (κ2) is 6.68. The van der Waals surface area contributed by atoms with Gasteiger partial charge < -0.3 is 14.8 Å². The van der Waals surface area contributed by atoms with E-state index in [2.05, 4.69) is 21.9 Å². The summed E-state index contributed by atoms with van der Waals surface area (Å²) in [5.74, 6) is 2.15. The Morgan fingerprint density at radius 3 is 2.77 bits per heavy atom. The molecule has 4 rings (SSSR count). The molecule has 0 aliphatic carbocycles. The Labute approximate surface area is 155 Å². The first-order valence-corrected chi connectivity index (χ1v) is 9.00. The summed E-state index contributed by atoms with van der Waals surface area (Å²) in [6.07, 6.45) is 3.74. The molecule has 0 atom stereocenters. The first-order chi connectivity index (χ1) is 12.7. The van der Waals surface area contributed by atoms with Crippen LogP contribution in [0.5, 0.6) is 11.5 Å². The fourth-order valence-electron chi connectivity index (χ4n) is 2.93. The number of anilines is 2. The van der Waals surface area contributed by atoms with Crippen LogP contribution in [0.4, 0.5) is 11.5 Å². The van der Waals surface area contributed by atoms with E-state index in [4.69, 9.17) is 14.5 Å². The Bertz CT molecular complexity index is 1060. The van der Waals surface area contributed by atoms with Crippen molar-refractivity contribution in [1.82, 2.24) is 14.6 Å². The fourth-order valence-corrected chi connectivity index (χ4v) is 3.59. The summed E-state index contributed by atoms with van der Waals surface area (Å²) in [4.78, 5) is 4.74. The molecule has 26 heavy (non-hydrogen) atoms.